The lowest BCUT2D eigenvalue weighted by molar-refractivity contribution is 0.936. The van der Waals surface area contributed by atoms with Gasteiger partial charge in [-0.05, 0) is 92.7 Å². The van der Waals surface area contributed by atoms with Crippen LogP contribution in [0.4, 0.5) is 11.4 Å². The lowest BCUT2D eigenvalue weighted by Crippen LogP contribution is -2.13. The van der Waals surface area contributed by atoms with Crippen LogP contribution in [0, 0.1) is 7.14 Å². The molecule has 0 heterocycles. The van der Waals surface area contributed by atoms with Gasteiger partial charge < -0.3 is 5.32 Å². The predicted octanol–water partition coefficient (Wildman–Crippen LogP) is 9.23. The molecule has 0 aliphatic heterocycles. The largest absolute Gasteiger partial charge is 0.374 e. The smallest absolute Gasteiger partial charge is 0.0771 e. The first-order valence-electron chi connectivity index (χ1n) is 10.8. The van der Waals surface area contributed by atoms with E-state index in [0.29, 0.717) is 0 Å². The van der Waals surface area contributed by atoms with Crippen LogP contribution in [-0.4, -0.2) is 6.21 Å². The molecule has 34 heavy (non-hydrogen) atoms. The first-order chi connectivity index (χ1) is 16.6. The number of aliphatic imine (C=N–C) groups is 1. The normalized spacial score (nSPS) is 11.2. The zero-order valence-corrected chi connectivity index (χ0v) is 23.1. The fourth-order valence-electron chi connectivity index (χ4n) is 3.14. The van der Waals surface area contributed by atoms with Crippen molar-refractivity contribution in [1.82, 2.24) is 0 Å². The molecule has 0 fully saturated rings. The van der Waals surface area contributed by atoms with E-state index in [1.54, 1.807) is 0 Å². The van der Waals surface area contributed by atoms with Crippen molar-refractivity contribution in [3.63, 3.8) is 0 Å². The van der Waals surface area contributed by atoms with Crippen molar-refractivity contribution in [2.24, 2.45) is 4.99 Å². The molecule has 0 radical (unpaired) electrons. The molecule has 0 aromatic heterocycles. The molecule has 4 aromatic carbocycles. The molecule has 4 aromatic rings. The molecule has 0 bridgehead atoms. The Bertz CT molecular complexity index is 1230. The number of anilines is 1. The van der Waals surface area contributed by atoms with Crippen LogP contribution in [0.15, 0.2) is 139 Å². The highest BCUT2D eigenvalue weighted by atomic mass is 127. The molecule has 0 amide bonds. The summed E-state index contributed by atoms with van der Waals surface area (Å²) in [5, 5.41) is 3.51. The van der Waals surface area contributed by atoms with Crippen LogP contribution in [0.2, 0.25) is 0 Å². The lowest BCUT2D eigenvalue weighted by atomic mass is 9.99. The number of benzene rings is 4. The van der Waals surface area contributed by atoms with Crippen LogP contribution in [0.1, 0.15) is 17.2 Å². The topological polar surface area (TPSA) is 24.4 Å². The van der Waals surface area contributed by atoms with Gasteiger partial charge in [0.25, 0.3) is 0 Å². The van der Waals surface area contributed by atoms with Crippen LogP contribution >= 0.6 is 45.2 Å². The molecule has 0 aliphatic carbocycles. The predicted molar refractivity (Wildman–Crippen MR) is 164 cm³/mol. The molecule has 1 N–H and O–H groups in total. The van der Waals surface area contributed by atoms with Gasteiger partial charge in [-0.25, -0.2) is 0 Å². The summed E-state index contributed by atoms with van der Waals surface area (Å²) in [6.45, 7) is 7.94. The van der Waals surface area contributed by atoms with E-state index in [9.17, 15) is 0 Å². The van der Waals surface area contributed by atoms with Gasteiger partial charge in [0, 0.05) is 24.6 Å². The molecule has 4 rings (SSSR count). The number of nitrogens with zero attached hydrogens (tertiary/aromatic N) is 1. The summed E-state index contributed by atoms with van der Waals surface area (Å²) >= 11 is 4.66. The fourth-order valence-corrected chi connectivity index (χ4v) is 4.36. The summed E-state index contributed by atoms with van der Waals surface area (Å²) in [5.41, 5.74) is 5.40. The SMILES string of the molecule is C=CC(=C)C(Nc1ccccc1)c1ccccc1I.Ic1ccccc1C=Nc1ccccc1. The van der Waals surface area contributed by atoms with Gasteiger partial charge in [0.1, 0.15) is 0 Å². The summed E-state index contributed by atoms with van der Waals surface area (Å²) in [4.78, 5) is 4.41. The van der Waals surface area contributed by atoms with Crippen molar-refractivity contribution in [3.8, 4) is 0 Å². The fraction of sp³-hybridized carbons (Fsp3) is 0.0333. The molecule has 1 unspecified atom stereocenters. The number of hydrogen-bond donors (Lipinski definition) is 1. The Morgan fingerprint density at radius 2 is 1.29 bits per heavy atom. The van der Waals surface area contributed by atoms with Crippen molar-refractivity contribution in [2.45, 2.75) is 6.04 Å². The first-order valence-corrected chi connectivity index (χ1v) is 12.9. The van der Waals surface area contributed by atoms with Gasteiger partial charge in [0.05, 0.1) is 11.7 Å². The van der Waals surface area contributed by atoms with Crippen molar-refractivity contribution < 1.29 is 0 Å². The van der Waals surface area contributed by atoms with Gasteiger partial charge in [0.15, 0.2) is 0 Å². The first kappa shape index (κ1) is 25.9. The Kier molecular flexibility index (Phi) is 10.6. The average molecular weight is 668 g/mol. The zero-order valence-electron chi connectivity index (χ0n) is 18.7. The third kappa shape index (κ3) is 7.95. The quantitative estimate of drug-likeness (QED) is 0.119. The highest BCUT2D eigenvalue weighted by Crippen LogP contribution is 2.29. The number of para-hydroxylation sites is 2. The lowest BCUT2D eigenvalue weighted by Gasteiger charge is -2.22. The van der Waals surface area contributed by atoms with Gasteiger partial charge in [0.2, 0.25) is 0 Å². The maximum atomic E-state index is 4.41. The Balaban J connectivity index is 0.000000196. The second kappa shape index (κ2) is 13.9. The van der Waals surface area contributed by atoms with Gasteiger partial charge in [-0.2, -0.15) is 0 Å². The average Bonchev–Trinajstić information content (AvgIpc) is 2.88. The molecule has 0 saturated carbocycles. The van der Waals surface area contributed by atoms with Crippen LogP contribution in [0.3, 0.4) is 0 Å². The summed E-state index contributed by atoms with van der Waals surface area (Å²) in [7, 11) is 0. The van der Waals surface area contributed by atoms with E-state index in [-0.39, 0.29) is 6.04 Å². The molecular formula is C30H26I2N2. The molecule has 1 atom stereocenters. The highest BCUT2D eigenvalue weighted by Gasteiger charge is 2.15. The third-order valence-corrected chi connectivity index (χ3v) is 6.91. The van der Waals surface area contributed by atoms with Gasteiger partial charge in [-0.15, -0.1) is 0 Å². The molecule has 2 nitrogen and oxygen atoms in total. The van der Waals surface area contributed by atoms with Crippen LogP contribution < -0.4 is 5.32 Å². The molecular weight excluding hydrogens is 642 g/mol. The number of nitrogens with one attached hydrogen (secondary N) is 1. The molecule has 0 aliphatic rings. The maximum Gasteiger partial charge on any atom is 0.0771 e. The Morgan fingerprint density at radius 3 is 1.91 bits per heavy atom. The molecule has 0 saturated heterocycles. The zero-order chi connectivity index (χ0) is 24.2. The molecule has 0 spiro atoms. The number of halogens is 2. The van der Waals surface area contributed by atoms with Gasteiger partial charge >= 0.3 is 0 Å². The number of hydrogen-bond acceptors (Lipinski definition) is 2. The second-order valence-electron chi connectivity index (χ2n) is 7.36. The Labute approximate surface area is 229 Å². The van der Waals surface area contributed by atoms with Gasteiger partial charge in [-0.1, -0.05) is 92.0 Å². The van der Waals surface area contributed by atoms with Crippen LogP contribution in [-0.2, 0) is 0 Å². The van der Waals surface area contributed by atoms with Gasteiger partial charge in [-0.3, -0.25) is 4.99 Å². The van der Waals surface area contributed by atoms with E-state index in [0.717, 1.165) is 22.5 Å². The standard InChI is InChI=1S/C17H16IN.C13H10IN/c1-3-13(2)17(15-11-7-8-12-16(15)18)19-14-9-5-4-6-10-14;14-13-9-5-4-6-11(13)10-15-12-7-2-1-3-8-12/h3-12,17,19H,1-2H2;1-10H. The monoisotopic (exact) mass is 668 g/mol. The Morgan fingerprint density at radius 1 is 0.735 bits per heavy atom. The summed E-state index contributed by atoms with van der Waals surface area (Å²) in [5.74, 6) is 0. The minimum atomic E-state index is 0.0491. The Hall–Kier alpha value is -2.71. The summed E-state index contributed by atoms with van der Waals surface area (Å²) in [6.07, 6.45) is 3.71. The van der Waals surface area contributed by atoms with Crippen molar-refractivity contribution in [3.05, 3.63) is 152 Å². The minimum absolute atomic E-state index is 0.0491. The van der Waals surface area contributed by atoms with E-state index < -0.39 is 0 Å². The summed E-state index contributed by atoms with van der Waals surface area (Å²) in [6, 6.07) is 36.7. The summed E-state index contributed by atoms with van der Waals surface area (Å²) < 4.78 is 2.44. The van der Waals surface area contributed by atoms with E-state index in [1.807, 2.05) is 85.1 Å². The third-order valence-electron chi connectivity index (χ3n) is 4.95. The molecule has 170 valence electrons. The molecule has 4 heteroatoms. The number of rotatable bonds is 7. The highest BCUT2D eigenvalue weighted by molar-refractivity contribution is 14.1. The second-order valence-corrected chi connectivity index (χ2v) is 9.68. The van der Waals surface area contributed by atoms with E-state index in [2.05, 4.69) is 105 Å². The van der Waals surface area contributed by atoms with E-state index in [1.165, 1.54) is 12.7 Å². The minimum Gasteiger partial charge on any atom is -0.374 e. The maximum absolute atomic E-state index is 4.41. The van der Waals surface area contributed by atoms with Crippen molar-refractivity contribution in [1.29, 1.82) is 0 Å². The van der Waals surface area contributed by atoms with Crippen LogP contribution in [0.25, 0.3) is 0 Å². The van der Waals surface area contributed by atoms with Crippen molar-refractivity contribution in [2.75, 3.05) is 5.32 Å². The van der Waals surface area contributed by atoms with Crippen LogP contribution in [0.5, 0.6) is 0 Å². The van der Waals surface area contributed by atoms with E-state index >= 15 is 0 Å². The van der Waals surface area contributed by atoms with Crippen molar-refractivity contribution >= 4 is 62.8 Å². The van der Waals surface area contributed by atoms with E-state index in [4.69, 9.17) is 0 Å².